The van der Waals surface area contributed by atoms with Crippen LogP contribution in [0.3, 0.4) is 0 Å². The molecule has 132 valence electrons. The molecule has 0 fully saturated rings. The van der Waals surface area contributed by atoms with Crippen LogP contribution in [0, 0.1) is 5.92 Å². The van der Waals surface area contributed by atoms with E-state index in [1.54, 1.807) is 13.8 Å². The molecule has 2 amide bonds. The topological polar surface area (TPSA) is 179 Å². The Hall–Kier alpha value is -2.20. The highest BCUT2D eigenvalue weighted by atomic mass is 16.4. The number of aliphatic hydroxyl groups excluding tert-OH is 1. The molecular weight excluding hydrogens is 310 g/mol. The molecule has 0 spiro atoms. The van der Waals surface area contributed by atoms with Crippen molar-refractivity contribution in [2.24, 2.45) is 11.7 Å². The van der Waals surface area contributed by atoms with Crippen LogP contribution in [0.2, 0.25) is 0 Å². The Morgan fingerprint density at radius 2 is 1.52 bits per heavy atom. The Morgan fingerprint density at radius 1 is 1.00 bits per heavy atom. The Balaban J connectivity index is 4.76. The smallest absolute Gasteiger partial charge is 0.326 e. The monoisotopic (exact) mass is 333 g/mol. The number of nitrogens with one attached hydrogen (secondary N) is 2. The van der Waals surface area contributed by atoms with Gasteiger partial charge in [0.15, 0.2) is 0 Å². The van der Waals surface area contributed by atoms with Crippen LogP contribution in [-0.2, 0) is 19.2 Å². The van der Waals surface area contributed by atoms with E-state index in [1.807, 2.05) is 0 Å². The van der Waals surface area contributed by atoms with E-state index in [2.05, 4.69) is 10.6 Å². The van der Waals surface area contributed by atoms with Crippen molar-refractivity contribution in [2.45, 2.75) is 44.8 Å². The van der Waals surface area contributed by atoms with Gasteiger partial charge in [-0.05, 0) is 12.3 Å². The maximum absolute atomic E-state index is 11.9. The molecule has 10 heteroatoms. The third-order valence-electron chi connectivity index (χ3n) is 3.10. The summed E-state index contributed by atoms with van der Waals surface area (Å²) in [5, 5.41) is 31.0. The van der Waals surface area contributed by atoms with E-state index in [9.17, 15) is 24.3 Å². The molecule has 0 rings (SSSR count). The number of amides is 2. The number of hydrogen-bond donors (Lipinski definition) is 6. The van der Waals surface area contributed by atoms with Gasteiger partial charge in [0.1, 0.15) is 12.1 Å². The van der Waals surface area contributed by atoms with Gasteiger partial charge >= 0.3 is 11.9 Å². The van der Waals surface area contributed by atoms with Gasteiger partial charge < -0.3 is 31.7 Å². The second-order valence-electron chi connectivity index (χ2n) is 5.35. The first kappa shape index (κ1) is 20.8. The standard InChI is InChI=1S/C13H23N3O7/c1-6(2)10(14)12(21)16-8(5-17)11(20)15-7(13(22)23)3-4-9(18)19/h6-8,10,17H,3-5,14H2,1-2H3,(H,15,20)(H,16,21)(H,18,19)(H,22,23). The lowest BCUT2D eigenvalue weighted by molar-refractivity contribution is -0.143. The lowest BCUT2D eigenvalue weighted by Crippen LogP contribution is -2.56. The quantitative estimate of drug-likeness (QED) is 0.262. The molecule has 0 aromatic heterocycles. The van der Waals surface area contributed by atoms with Crippen LogP contribution in [-0.4, -0.2) is 63.8 Å². The van der Waals surface area contributed by atoms with E-state index >= 15 is 0 Å². The van der Waals surface area contributed by atoms with E-state index in [1.165, 1.54) is 0 Å². The van der Waals surface area contributed by atoms with Crippen LogP contribution in [0.5, 0.6) is 0 Å². The summed E-state index contributed by atoms with van der Waals surface area (Å²) in [6.07, 6.45) is -0.778. The largest absolute Gasteiger partial charge is 0.481 e. The lowest BCUT2D eigenvalue weighted by Gasteiger charge is -2.22. The highest BCUT2D eigenvalue weighted by molar-refractivity contribution is 5.92. The summed E-state index contributed by atoms with van der Waals surface area (Å²) in [4.78, 5) is 45.2. The molecule has 0 aliphatic heterocycles. The fourth-order valence-electron chi connectivity index (χ4n) is 1.56. The Kier molecular flexibility index (Phi) is 8.81. The molecule has 0 aromatic carbocycles. The van der Waals surface area contributed by atoms with Crippen molar-refractivity contribution < 1.29 is 34.5 Å². The molecule has 7 N–H and O–H groups in total. The van der Waals surface area contributed by atoms with E-state index in [-0.39, 0.29) is 12.3 Å². The van der Waals surface area contributed by atoms with Gasteiger partial charge in [0.25, 0.3) is 0 Å². The van der Waals surface area contributed by atoms with Gasteiger partial charge in [0.05, 0.1) is 12.6 Å². The van der Waals surface area contributed by atoms with Crippen molar-refractivity contribution >= 4 is 23.8 Å². The molecule has 0 radical (unpaired) electrons. The van der Waals surface area contributed by atoms with Gasteiger partial charge in [0, 0.05) is 6.42 Å². The molecule has 3 atom stereocenters. The van der Waals surface area contributed by atoms with E-state index in [0.29, 0.717) is 0 Å². The number of nitrogens with two attached hydrogens (primary N) is 1. The summed E-state index contributed by atoms with van der Waals surface area (Å²) < 4.78 is 0. The predicted molar refractivity (Wildman–Crippen MR) is 78.3 cm³/mol. The molecule has 0 heterocycles. The van der Waals surface area contributed by atoms with Crippen LogP contribution in [0.4, 0.5) is 0 Å². The molecule has 0 aliphatic rings. The minimum atomic E-state index is -1.44. The number of carbonyl (C=O) groups excluding carboxylic acids is 2. The molecule has 0 aliphatic carbocycles. The van der Waals surface area contributed by atoms with Crippen LogP contribution in [0.15, 0.2) is 0 Å². The molecule has 0 bridgehead atoms. The number of carboxylic acid groups (broad SMARTS) is 2. The zero-order valence-electron chi connectivity index (χ0n) is 13.0. The second-order valence-corrected chi connectivity index (χ2v) is 5.35. The SMILES string of the molecule is CC(C)C(N)C(=O)NC(CO)C(=O)NC(CCC(=O)O)C(=O)O. The van der Waals surface area contributed by atoms with Gasteiger partial charge in [-0.1, -0.05) is 13.8 Å². The number of aliphatic carboxylic acids is 2. The maximum Gasteiger partial charge on any atom is 0.326 e. The highest BCUT2D eigenvalue weighted by Gasteiger charge is 2.28. The van der Waals surface area contributed by atoms with Gasteiger partial charge in [-0.2, -0.15) is 0 Å². The van der Waals surface area contributed by atoms with Gasteiger partial charge in [0.2, 0.25) is 11.8 Å². The fraction of sp³-hybridized carbons (Fsp3) is 0.692. The number of carbonyl (C=O) groups is 4. The van der Waals surface area contributed by atoms with E-state index in [4.69, 9.17) is 15.9 Å². The van der Waals surface area contributed by atoms with Gasteiger partial charge in [-0.25, -0.2) is 4.79 Å². The summed E-state index contributed by atoms with van der Waals surface area (Å²) in [6, 6.07) is -3.71. The highest BCUT2D eigenvalue weighted by Crippen LogP contribution is 2.01. The summed E-state index contributed by atoms with van der Waals surface area (Å²) in [7, 11) is 0. The Bertz CT molecular complexity index is 453. The van der Waals surface area contributed by atoms with Crippen molar-refractivity contribution in [3.63, 3.8) is 0 Å². The summed E-state index contributed by atoms with van der Waals surface area (Å²) in [5.41, 5.74) is 5.61. The van der Waals surface area contributed by atoms with Crippen molar-refractivity contribution in [3.05, 3.63) is 0 Å². The molecule has 0 aromatic rings. The van der Waals surface area contributed by atoms with Crippen LogP contribution in [0.25, 0.3) is 0 Å². The Labute approximate surface area is 133 Å². The predicted octanol–water partition coefficient (Wildman–Crippen LogP) is -2.12. The molecular formula is C13H23N3O7. The average molecular weight is 333 g/mol. The minimum Gasteiger partial charge on any atom is -0.481 e. The third-order valence-corrected chi connectivity index (χ3v) is 3.10. The normalized spacial score (nSPS) is 14.7. The molecule has 0 saturated heterocycles. The lowest BCUT2D eigenvalue weighted by atomic mass is 10.0. The number of hydrogen-bond acceptors (Lipinski definition) is 6. The zero-order chi connectivity index (χ0) is 18.2. The summed E-state index contributed by atoms with van der Waals surface area (Å²) in [6.45, 7) is 2.64. The van der Waals surface area contributed by atoms with Crippen LogP contribution in [0.1, 0.15) is 26.7 Å². The van der Waals surface area contributed by atoms with Crippen molar-refractivity contribution in [3.8, 4) is 0 Å². The van der Waals surface area contributed by atoms with E-state index < -0.39 is 54.9 Å². The maximum atomic E-state index is 11.9. The van der Waals surface area contributed by atoms with Gasteiger partial charge in [-0.3, -0.25) is 14.4 Å². The molecule has 23 heavy (non-hydrogen) atoms. The second kappa shape index (κ2) is 9.74. The third kappa shape index (κ3) is 7.56. The number of aliphatic hydroxyl groups is 1. The Morgan fingerprint density at radius 3 is 1.91 bits per heavy atom. The van der Waals surface area contributed by atoms with Crippen LogP contribution >= 0.6 is 0 Å². The first-order valence-electron chi connectivity index (χ1n) is 7.01. The minimum absolute atomic E-state index is 0.195. The fourth-order valence-corrected chi connectivity index (χ4v) is 1.56. The zero-order valence-corrected chi connectivity index (χ0v) is 13.0. The average Bonchev–Trinajstić information content (AvgIpc) is 2.46. The summed E-state index contributed by atoms with van der Waals surface area (Å²) >= 11 is 0. The number of carboxylic acids is 2. The van der Waals surface area contributed by atoms with E-state index in [0.717, 1.165) is 0 Å². The molecule has 0 saturated carbocycles. The number of rotatable bonds is 10. The van der Waals surface area contributed by atoms with Crippen molar-refractivity contribution in [1.29, 1.82) is 0 Å². The van der Waals surface area contributed by atoms with Crippen molar-refractivity contribution in [2.75, 3.05) is 6.61 Å². The van der Waals surface area contributed by atoms with Gasteiger partial charge in [-0.15, -0.1) is 0 Å². The molecule has 3 unspecified atom stereocenters. The van der Waals surface area contributed by atoms with Crippen molar-refractivity contribution in [1.82, 2.24) is 10.6 Å². The first-order chi connectivity index (χ1) is 10.6. The van der Waals surface area contributed by atoms with Crippen LogP contribution < -0.4 is 16.4 Å². The summed E-state index contributed by atoms with van der Waals surface area (Å²) in [5.74, 6) is -4.41. The molecule has 10 nitrogen and oxygen atoms in total. The first-order valence-corrected chi connectivity index (χ1v) is 7.01.